The summed E-state index contributed by atoms with van der Waals surface area (Å²) in [7, 11) is 0. The van der Waals surface area contributed by atoms with Crippen molar-refractivity contribution in [1.82, 2.24) is 0 Å². The van der Waals surface area contributed by atoms with E-state index in [1.165, 1.54) is 0 Å². The number of nitrogens with one attached hydrogen (secondary N) is 1. The molecular formula is C12H15NO3. The van der Waals surface area contributed by atoms with Crippen molar-refractivity contribution in [2.75, 3.05) is 11.9 Å². The Hall–Kier alpha value is -1.84. The minimum Gasteiger partial charge on any atom is -0.466 e. The predicted octanol–water partition coefficient (Wildman–Crippen LogP) is 1.62. The fraction of sp³-hybridized carbons (Fsp3) is 0.333. The molecule has 0 aliphatic heterocycles. The van der Waals surface area contributed by atoms with Crippen molar-refractivity contribution in [2.24, 2.45) is 0 Å². The Morgan fingerprint density at radius 1 is 1.44 bits per heavy atom. The van der Waals surface area contributed by atoms with Crippen molar-refractivity contribution in [1.29, 1.82) is 0 Å². The van der Waals surface area contributed by atoms with Gasteiger partial charge in [0.25, 0.3) is 0 Å². The van der Waals surface area contributed by atoms with Gasteiger partial charge in [0.05, 0.1) is 19.1 Å². The van der Waals surface area contributed by atoms with E-state index in [1.54, 1.807) is 6.92 Å². The molecule has 0 spiro atoms. The lowest BCUT2D eigenvalue weighted by Crippen LogP contribution is -2.25. The standard InChI is InChI=1S/C12H15NO3/c1-2-16-12(15)8-11(9-14)13-10-6-4-3-5-7-10/h3-7,9,11,13H,2,8H2,1H3. The van der Waals surface area contributed by atoms with Crippen LogP contribution in [0, 0.1) is 0 Å². The second kappa shape index (κ2) is 6.61. The molecule has 4 nitrogen and oxygen atoms in total. The minimum atomic E-state index is -0.540. The molecule has 16 heavy (non-hydrogen) atoms. The average molecular weight is 221 g/mol. The van der Waals surface area contributed by atoms with Crippen LogP contribution in [-0.4, -0.2) is 24.9 Å². The summed E-state index contributed by atoms with van der Waals surface area (Å²) < 4.78 is 4.77. The number of hydrogen-bond donors (Lipinski definition) is 1. The van der Waals surface area contributed by atoms with Crippen LogP contribution in [-0.2, 0) is 14.3 Å². The van der Waals surface area contributed by atoms with Gasteiger partial charge >= 0.3 is 5.97 Å². The topological polar surface area (TPSA) is 55.4 Å². The zero-order valence-electron chi connectivity index (χ0n) is 9.18. The molecule has 0 radical (unpaired) electrons. The van der Waals surface area contributed by atoms with Crippen LogP contribution in [0.4, 0.5) is 5.69 Å². The van der Waals surface area contributed by atoms with Crippen LogP contribution in [0.2, 0.25) is 0 Å². The minimum absolute atomic E-state index is 0.0479. The summed E-state index contributed by atoms with van der Waals surface area (Å²) in [5.74, 6) is -0.372. The number of para-hydroxylation sites is 1. The summed E-state index contributed by atoms with van der Waals surface area (Å²) in [6, 6.07) is 8.72. The third kappa shape index (κ3) is 4.13. The molecule has 1 unspecified atom stereocenters. The molecule has 1 aromatic carbocycles. The van der Waals surface area contributed by atoms with E-state index >= 15 is 0 Å². The van der Waals surface area contributed by atoms with Crippen LogP contribution in [0.1, 0.15) is 13.3 Å². The smallest absolute Gasteiger partial charge is 0.308 e. The number of benzene rings is 1. The van der Waals surface area contributed by atoms with E-state index in [4.69, 9.17) is 4.74 Å². The third-order valence-corrected chi connectivity index (χ3v) is 1.98. The molecule has 0 aromatic heterocycles. The monoisotopic (exact) mass is 221 g/mol. The van der Waals surface area contributed by atoms with Gasteiger partial charge in [-0.15, -0.1) is 0 Å². The van der Waals surface area contributed by atoms with Gasteiger partial charge in [-0.1, -0.05) is 18.2 Å². The second-order valence-electron chi connectivity index (χ2n) is 3.26. The highest BCUT2D eigenvalue weighted by Crippen LogP contribution is 2.08. The molecule has 0 saturated carbocycles. The van der Waals surface area contributed by atoms with Gasteiger partial charge in [-0.2, -0.15) is 0 Å². The van der Waals surface area contributed by atoms with Gasteiger partial charge in [0.1, 0.15) is 6.29 Å². The zero-order chi connectivity index (χ0) is 11.8. The maximum atomic E-state index is 11.2. The van der Waals surface area contributed by atoms with E-state index < -0.39 is 6.04 Å². The normalized spacial score (nSPS) is 11.6. The first-order valence-electron chi connectivity index (χ1n) is 5.18. The van der Waals surface area contributed by atoms with Gasteiger partial charge in [0.15, 0.2) is 0 Å². The summed E-state index contributed by atoms with van der Waals surface area (Å²) in [5, 5.41) is 2.95. The van der Waals surface area contributed by atoms with Gasteiger partial charge in [0, 0.05) is 5.69 Å². The molecule has 0 aliphatic carbocycles. The molecule has 1 N–H and O–H groups in total. The summed E-state index contributed by atoms with van der Waals surface area (Å²) in [5.41, 5.74) is 0.809. The van der Waals surface area contributed by atoms with E-state index in [-0.39, 0.29) is 12.4 Å². The van der Waals surface area contributed by atoms with Crippen LogP contribution in [0.3, 0.4) is 0 Å². The molecule has 0 heterocycles. The number of carbonyl (C=O) groups excluding carboxylic acids is 2. The number of carbonyl (C=O) groups is 2. The summed E-state index contributed by atoms with van der Waals surface area (Å²) in [4.78, 5) is 22.0. The van der Waals surface area contributed by atoms with Crippen molar-refractivity contribution >= 4 is 17.9 Å². The molecule has 4 heteroatoms. The van der Waals surface area contributed by atoms with Gasteiger partial charge in [0.2, 0.25) is 0 Å². The lowest BCUT2D eigenvalue weighted by atomic mass is 10.2. The van der Waals surface area contributed by atoms with Crippen molar-refractivity contribution in [3.05, 3.63) is 30.3 Å². The Bertz CT molecular complexity index is 337. The van der Waals surface area contributed by atoms with Crippen LogP contribution < -0.4 is 5.32 Å². The van der Waals surface area contributed by atoms with E-state index in [0.29, 0.717) is 12.9 Å². The van der Waals surface area contributed by atoms with E-state index in [0.717, 1.165) is 5.69 Å². The molecular weight excluding hydrogens is 206 g/mol. The Morgan fingerprint density at radius 3 is 2.69 bits per heavy atom. The Morgan fingerprint density at radius 2 is 2.12 bits per heavy atom. The highest BCUT2D eigenvalue weighted by Gasteiger charge is 2.13. The van der Waals surface area contributed by atoms with E-state index in [1.807, 2.05) is 30.3 Å². The van der Waals surface area contributed by atoms with Crippen LogP contribution in [0.5, 0.6) is 0 Å². The molecule has 0 saturated heterocycles. The Kier molecular flexibility index (Phi) is 5.05. The Labute approximate surface area is 94.6 Å². The first-order valence-corrected chi connectivity index (χ1v) is 5.18. The number of ether oxygens (including phenoxy) is 1. The van der Waals surface area contributed by atoms with Gasteiger partial charge in [-0.05, 0) is 19.1 Å². The molecule has 0 bridgehead atoms. The third-order valence-electron chi connectivity index (χ3n) is 1.98. The first-order chi connectivity index (χ1) is 7.76. The molecule has 1 aromatic rings. The summed E-state index contributed by atoms with van der Waals surface area (Å²) in [6.45, 7) is 2.06. The highest BCUT2D eigenvalue weighted by atomic mass is 16.5. The van der Waals surface area contributed by atoms with Crippen molar-refractivity contribution in [3.63, 3.8) is 0 Å². The second-order valence-corrected chi connectivity index (χ2v) is 3.26. The number of rotatable bonds is 6. The predicted molar refractivity (Wildman–Crippen MR) is 61.2 cm³/mol. The lowest BCUT2D eigenvalue weighted by molar-refractivity contribution is -0.143. The Balaban J connectivity index is 2.49. The summed E-state index contributed by atoms with van der Waals surface area (Å²) >= 11 is 0. The first kappa shape index (κ1) is 12.2. The number of aldehydes is 1. The summed E-state index contributed by atoms with van der Waals surface area (Å²) in [6.07, 6.45) is 0.760. The quantitative estimate of drug-likeness (QED) is 0.586. The number of esters is 1. The molecule has 0 amide bonds. The van der Waals surface area contributed by atoms with Crippen LogP contribution in [0.15, 0.2) is 30.3 Å². The maximum absolute atomic E-state index is 11.2. The largest absolute Gasteiger partial charge is 0.466 e. The molecule has 86 valence electrons. The number of hydrogen-bond acceptors (Lipinski definition) is 4. The van der Waals surface area contributed by atoms with Crippen LogP contribution >= 0.6 is 0 Å². The fourth-order valence-corrected chi connectivity index (χ4v) is 1.28. The van der Waals surface area contributed by atoms with Gasteiger partial charge < -0.3 is 14.8 Å². The highest BCUT2D eigenvalue weighted by molar-refractivity contribution is 5.77. The zero-order valence-corrected chi connectivity index (χ0v) is 9.18. The SMILES string of the molecule is CCOC(=O)CC(C=O)Nc1ccccc1. The van der Waals surface area contributed by atoms with Gasteiger partial charge in [-0.3, -0.25) is 4.79 Å². The average Bonchev–Trinajstić information content (AvgIpc) is 2.30. The van der Waals surface area contributed by atoms with E-state index in [2.05, 4.69) is 5.32 Å². The van der Waals surface area contributed by atoms with Crippen molar-refractivity contribution in [2.45, 2.75) is 19.4 Å². The van der Waals surface area contributed by atoms with Crippen molar-refractivity contribution in [3.8, 4) is 0 Å². The van der Waals surface area contributed by atoms with Crippen LogP contribution in [0.25, 0.3) is 0 Å². The molecule has 0 aliphatic rings. The molecule has 0 fully saturated rings. The van der Waals surface area contributed by atoms with Crippen molar-refractivity contribution < 1.29 is 14.3 Å². The number of anilines is 1. The van der Waals surface area contributed by atoms with Gasteiger partial charge in [-0.25, -0.2) is 0 Å². The lowest BCUT2D eigenvalue weighted by Gasteiger charge is -2.12. The fourth-order valence-electron chi connectivity index (χ4n) is 1.28. The molecule has 1 rings (SSSR count). The van der Waals surface area contributed by atoms with E-state index in [9.17, 15) is 9.59 Å². The maximum Gasteiger partial charge on any atom is 0.308 e. The molecule has 1 atom stereocenters.